The monoisotopic (exact) mass is 237 g/mol. The van der Waals surface area contributed by atoms with Crippen molar-refractivity contribution >= 4 is 17.6 Å². The van der Waals surface area contributed by atoms with Gasteiger partial charge in [0.25, 0.3) is 0 Å². The molecule has 0 saturated carbocycles. The zero-order chi connectivity index (χ0) is 13.0. The number of rotatable bonds is 4. The molecule has 0 saturated heterocycles. The molecule has 0 unspecified atom stereocenters. The van der Waals surface area contributed by atoms with Crippen molar-refractivity contribution in [1.29, 1.82) is 0 Å². The second-order valence-corrected chi connectivity index (χ2v) is 3.86. The topological polar surface area (TPSA) is 75.6 Å². The van der Waals surface area contributed by atoms with Gasteiger partial charge in [-0.1, -0.05) is 13.8 Å². The second-order valence-electron chi connectivity index (χ2n) is 3.86. The van der Waals surface area contributed by atoms with Gasteiger partial charge in [-0.25, -0.2) is 4.79 Å². The van der Waals surface area contributed by atoms with Crippen LogP contribution in [-0.4, -0.2) is 24.1 Å². The predicted octanol–water partition coefficient (Wildman–Crippen LogP) is 1.99. The van der Waals surface area contributed by atoms with Gasteiger partial charge in [0.1, 0.15) is 11.3 Å². The number of anilines is 1. The van der Waals surface area contributed by atoms with E-state index in [0.717, 1.165) is 0 Å². The summed E-state index contributed by atoms with van der Waals surface area (Å²) < 4.78 is 4.92. The summed E-state index contributed by atoms with van der Waals surface area (Å²) in [4.78, 5) is 22.4. The molecular weight excluding hydrogens is 222 g/mol. The number of amides is 1. The third-order valence-corrected chi connectivity index (χ3v) is 2.22. The molecular formula is C12H15NO4. The molecule has 1 rings (SSSR count). The number of ether oxygens (including phenoxy) is 1. The molecule has 0 heterocycles. The van der Waals surface area contributed by atoms with Gasteiger partial charge in [0, 0.05) is 11.6 Å². The fraction of sp³-hybridized carbons (Fsp3) is 0.333. The number of nitrogens with one attached hydrogen (secondary N) is 1. The van der Waals surface area contributed by atoms with Crippen molar-refractivity contribution in [3.63, 3.8) is 0 Å². The standard InChI is InChI=1S/C12H15NO4/c1-7(2)11(14)13-8-4-5-10(17-3)9(6-8)12(15)16/h4-7H,1-3H3,(H,13,14)(H,15,16). The molecule has 1 aromatic carbocycles. The minimum absolute atomic E-state index is 0.0223. The van der Waals surface area contributed by atoms with Crippen molar-refractivity contribution in [3.05, 3.63) is 23.8 Å². The largest absolute Gasteiger partial charge is 0.496 e. The molecule has 0 radical (unpaired) electrons. The molecule has 0 spiro atoms. The molecule has 5 heteroatoms. The van der Waals surface area contributed by atoms with Crippen molar-refractivity contribution in [2.75, 3.05) is 12.4 Å². The van der Waals surface area contributed by atoms with Crippen LogP contribution in [-0.2, 0) is 4.79 Å². The SMILES string of the molecule is COc1ccc(NC(=O)C(C)C)cc1C(=O)O. The quantitative estimate of drug-likeness (QED) is 0.839. The minimum Gasteiger partial charge on any atom is -0.496 e. The summed E-state index contributed by atoms with van der Waals surface area (Å²) in [6, 6.07) is 4.49. The molecule has 0 aliphatic heterocycles. The lowest BCUT2D eigenvalue weighted by molar-refractivity contribution is -0.118. The molecule has 1 amide bonds. The minimum atomic E-state index is -1.09. The lowest BCUT2D eigenvalue weighted by atomic mass is 10.1. The Hall–Kier alpha value is -2.04. The van der Waals surface area contributed by atoms with E-state index in [1.165, 1.54) is 19.2 Å². The molecule has 0 aromatic heterocycles. The van der Waals surface area contributed by atoms with E-state index in [1.807, 2.05) is 0 Å². The Labute approximate surface area is 99.4 Å². The summed E-state index contributed by atoms with van der Waals surface area (Å²) in [7, 11) is 1.40. The number of hydrogen-bond donors (Lipinski definition) is 2. The van der Waals surface area contributed by atoms with Crippen LogP contribution in [0, 0.1) is 5.92 Å². The van der Waals surface area contributed by atoms with Gasteiger partial charge in [-0.15, -0.1) is 0 Å². The van der Waals surface area contributed by atoms with Crippen molar-refractivity contribution in [2.24, 2.45) is 5.92 Å². The smallest absolute Gasteiger partial charge is 0.339 e. The van der Waals surface area contributed by atoms with Gasteiger partial charge in [0.2, 0.25) is 5.91 Å². The fourth-order valence-electron chi connectivity index (χ4n) is 1.24. The Kier molecular flexibility index (Phi) is 4.09. The second kappa shape index (κ2) is 5.34. The van der Waals surface area contributed by atoms with Gasteiger partial charge >= 0.3 is 5.97 Å². The average molecular weight is 237 g/mol. The number of carboxylic acid groups (broad SMARTS) is 1. The van der Waals surface area contributed by atoms with E-state index < -0.39 is 5.97 Å². The van der Waals surface area contributed by atoms with Crippen LogP contribution in [0.4, 0.5) is 5.69 Å². The zero-order valence-corrected chi connectivity index (χ0v) is 9.98. The van der Waals surface area contributed by atoms with Crippen LogP contribution < -0.4 is 10.1 Å². The normalized spacial score (nSPS) is 10.1. The van der Waals surface area contributed by atoms with Crippen LogP contribution in [0.25, 0.3) is 0 Å². The van der Waals surface area contributed by atoms with Crippen LogP contribution >= 0.6 is 0 Å². The van der Waals surface area contributed by atoms with E-state index in [4.69, 9.17) is 9.84 Å². The van der Waals surface area contributed by atoms with E-state index in [0.29, 0.717) is 5.69 Å². The van der Waals surface area contributed by atoms with Crippen LogP contribution in [0.15, 0.2) is 18.2 Å². The van der Waals surface area contributed by atoms with Gasteiger partial charge in [-0.05, 0) is 18.2 Å². The Balaban J connectivity index is 3.00. The Bertz CT molecular complexity index is 440. The maximum Gasteiger partial charge on any atom is 0.339 e. The Morgan fingerprint density at radius 3 is 2.47 bits per heavy atom. The number of carbonyl (C=O) groups is 2. The summed E-state index contributed by atoms with van der Waals surface area (Å²) >= 11 is 0. The first kappa shape index (κ1) is 13.0. The summed E-state index contributed by atoms with van der Waals surface area (Å²) in [5, 5.41) is 11.6. The molecule has 0 aliphatic rings. The highest BCUT2D eigenvalue weighted by atomic mass is 16.5. The van der Waals surface area contributed by atoms with E-state index in [9.17, 15) is 9.59 Å². The lowest BCUT2D eigenvalue weighted by Gasteiger charge is -2.10. The van der Waals surface area contributed by atoms with Crippen LogP contribution in [0.3, 0.4) is 0 Å². The highest BCUT2D eigenvalue weighted by molar-refractivity contribution is 5.96. The molecule has 92 valence electrons. The first-order valence-electron chi connectivity index (χ1n) is 5.18. The van der Waals surface area contributed by atoms with Gasteiger partial charge in [0.15, 0.2) is 0 Å². The molecule has 17 heavy (non-hydrogen) atoms. The van der Waals surface area contributed by atoms with Gasteiger partial charge in [-0.2, -0.15) is 0 Å². The maximum absolute atomic E-state index is 11.5. The van der Waals surface area contributed by atoms with E-state index in [1.54, 1.807) is 19.9 Å². The highest BCUT2D eigenvalue weighted by Gasteiger charge is 2.13. The van der Waals surface area contributed by atoms with E-state index in [-0.39, 0.29) is 23.1 Å². The number of hydrogen-bond acceptors (Lipinski definition) is 3. The van der Waals surface area contributed by atoms with Crippen LogP contribution in [0.2, 0.25) is 0 Å². The number of carboxylic acids is 1. The van der Waals surface area contributed by atoms with Crippen LogP contribution in [0.1, 0.15) is 24.2 Å². The predicted molar refractivity (Wildman–Crippen MR) is 63.4 cm³/mol. The summed E-state index contributed by atoms with van der Waals surface area (Å²) in [5.41, 5.74) is 0.468. The molecule has 0 aliphatic carbocycles. The number of carbonyl (C=O) groups excluding carboxylic acids is 1. The van der Waals surface area contributed by atoms with Gasteiger partial charge in [-0.3, -0.25) is 4.79 Å². The first-order chi connectivity index (χ1) is 7.95. The Morgan fingerprint density at radius 1 is 1.35 bits per heavy atom. The fourth-order valence-corrected chi connectivity index (χ4v) is 1.24. The van der Waals surface area contributed by atoms with Crippen molar-refractivity contribution in [2.45, 2.75) is 13.8 Å². The number of benzene rings is 1. The van der Waals surface area contributed by atoms with E-state index in [2.05, 4.69) is 5.32 Å². The van der Waals surface area contributed by atoms with Gasteiger partial charge < -0.3 is 15.2 Å². The molecule has 1 aromatic rings. The van der Waals surface area contributed by atoms with Crippen LogP contribution in [0.5, 0.6) is 5.75 Å². The average Bonchev–Trinajstić information content (AvgIpc) is 2.28. The summed E-state index contributed by atoms with van der Waals surface area (Å²) in [6.07, 6.45) is 0. The third kappa shape index (κ3) is 3.21. The van der Waals surface area contributed by atoms with Crippen molar-refractivity contribution < 1.29 is 19.4 Å². The number of methoxy groups -OCH3 is 1. The lowest BCUT2D eigenvalue weighted by Crippen LogP contribution is -2.18. The molecule has 2 N–H and O–H groups in total. The van der Waals surface area contributed by atoms with Crippen molar-refractivity contribution in [1.82, 2.24) is 0 Å². The van der Waals surface area contributed by atoms with Crippen molar-refractivity contribution in [3.8, 4) is 5.75 Å². The summed E-state index contributed by atoms with van der Waals surface area (Å²) in [5.74, 6) is -1.15. The van der Waals surface area contributed by atoms with E-state index >= 15 is 0 Å². The van der Waals surface area contributed by atoms with Gasteiger partial charge in [0.05, 0.1) is 7.11 Å². The summed E-state index contributed by atoms with van der Waals surface area (Å²) in [6.45, 7) is 3.52. The third-order valence-electron chi connectivity index (χ3n) is 2.22. The Morgan fingerprint density at radius 2 is 2.00 bits per heavy atom. The molecule has 0 bridgehead atoms. The first-order valence-corrected chi connectivity index (χ1v) is 5.18. The highest BCUT2D eigenvalue weighted by Crippen LogP contribution is 2.22. The number of aromatic carboxylic acids is 1. The maximum atomic E-state index is 11.5. The zero-order valence-electron chi connectivity index (χ0n) is 9.98. The molecule has 5 nitrogen and oxygen atoms in total. The molecule has 0 atom stereocenters. The molecule has 0 fully saturated rings.